The summed E-state index contributed by atoms with van der Waals surface area (Å²) in [5.41, 5.74) is 5.67. The number of nitrogens with two attached hydrogens (primary N) is 1. The average molecular weight is 379 g/mol. The van der Waals surface area contributed by atoms with Crippen LogP contribution < -0.4 is 11.4 Å². The van der Waals surface area contributed by atoms with E-state index in [1.807, 2.05) is 13.0 Å². The van der Waals surface area contributed by atoms with Crippen LogP contribution in [-0.2, 0) is 13.0 Å². The molecule has 2 rings (SSSR count). The summed E-state index contributed by atoms with van der Waals surface area (Å²) in [6, 6.07) is 1.94. The molecule has 0 spiro atoms. The number of thiophene rings is 1. The van der Waals surface area contributed by atoms with Gasteiger partial charge in [-0.1, -0.05) is 0 Å². The van der Waals surface area contributed by atoms with Crippen molar-refractivity contribution in [2.75, 3.05) is 6.54 Å². The molecule has 0 amide bonds. The fourth-order valence-electron chi connectivity index (χ4n) is 1.83. The topological polar surface area (TPSA) is 76.7 Å². The molecule has 0 saturated carbocycles. The highest BCUT2D eigenvalue weighted by molar-refractivity contribution is 9.11. The van der Waals surface area contributed by atoms with E-state index < -0.39 is 11.8 Å². The second-order valence-corrected chi connectivity index (χ2v) is 6.95. The van der Waals surface area contributed by atoms with Crippen molar-refractivity contribution in [3.63, 3.8) is 0 Å². The maximum Gasteiger partial charge on any atom is 0.343 e. The number of aromatic nitrogens is 3. The van der Waals surface area contributed by atoms with E-state index in [1.165, 1.54) is 15.9 Å². The van der Waals surface area contributed by atoms with Gasteiger partial charge in [-0.2, -0.15) is 13.9 Å². The summed E-state index contributed by atoms with van der Waals surface area (Å²) in [5, 5.41) is 6.11. The first-order chi connectivity index (χ1) is 9.92. The van der Waals surface area contributed by atoms with Gasteiger partial charge in [0.25, 0.3) is 6.08 Å². The summed E-state index contributed by atoms with van der Waals surface area (Å²) in [5.74, 6) is 0.247. The van der Waals surface area contributed by atoms with Crippen LogP contribution in [-0.4, -0.2) is 21.3 Å². The normalized spacial score (nSPS) is 10.9. The van der Waals surface area contributed by atoms with Gasteiger partial charge in [-0.25, -0.2) is 9.89 Å². The van der Waals surface area contributed by atoms with Crippen molar-refractivity contribution in [1.82, 2.24) is 14.8 Å². The molecule has 0 fully saturated rings. The number of hydrogen-bond donors (Lipinski definition) is 2. The molecule has 3 N–H and O–H groups in total. The molecule has 21 heavy (non-hydrogen) atoms. The number of halogens is 3. The molecule has 0 aliphatic heterocycles. The quantitative estimate of drug-likeness (QED) is 0.838. The lowest BCUT2D eigenvalue weighted by molar-refractivity contribution is 0.407. The van der Waals surface area contributed by atoms with Crippen molar-refractivity contribution < 1.29 is 8.78 Å². The van der Waals surface area contributed by atoms with Gasteiger partial charge in [0, 0.05) is 23.4 Å². The van der Waals surface area contributed by atoms with Crippen molar-refractivity contribution in [2.45, 2.75) is 19.9 Å². The van der Waals surface area contributed by atoms with Gasteiger partial charge in [-0.3, -0.25) is 4.57 Å². The van der Waals surface area contributed by atoms with Crippen LogP contribution in [0.5, 0.6) is 0 Å². The first kappa shape index (κ1) is 16.1. The van der Waals surface area contributed by atoms with E-state index >= 15 is 0 Å². The van der Waals surface area contributed by atoms with E-state index in [-0.39, 0.29) is 24.4 Å². The van der Waals surface area contributed by atoms with Crippen LogP contribution in [0.3, 0.4) is 0 Å². The summed E-state index contributed by atoms with van der Waals surface area (Å²) in [6.07, 6.45) is -1.97. The Kier molecular flexibility index (Phi) is 5.07. The highest BCUT2D eigenvalue weighted by atomic mass is 79.9. The zero-order valence-corrected chi connectivity index (χ0v) is 13.5. The number of H-pyrrole nitrogens is 1. The summed E-state index contributed by atoms with van der Waals surface area (Å²) in [6.45, 7) is 1.94. The number of aryl methyl sites for hydroxylation is 1. The average Bonchev–Trinajstić information content (AvgIpc) is 2.91. The van der Waals surface area contributed by atoms with Gasteiger partial charge in [-0.05, 0) is 34.5 Å². The lowest BCUT2D eigenvalue weighted by Crippen LogP contribution is -2.20. The van der Waals surface area contributed by atoms with Crippen LogP contribution in [0.25, 0.3) is 0 Å². The lowest BCUT2D eigenvalue weighted by atomic mass is 10.2. The van der Waals surface area contributed by atoms with Crippen molar-refractivity contribution in [3.8, 4) is 0 Å². The molecule has 2 aromatic rings. The molecule has 114 valence electrons. The Hall–Kier alpha value is -1.32. The second-order valence-electron chi connectivity index (χ2n) is 4.43. The zero-order valence-electron chi connectivity index (χ0n) is 11.1. The van der Waals surface area contributed by atoms with E-state index in [9.17, 15) is 13.6 Å². The first-order valence-corrected chi connectivity index (χ1v) is 7.65. The Labute approximate surface area is 131 Å². The molecule has 0 aliphatic carbocycles. The Bertz CT molecular complexity index is 730. The van der Waals surface area contributed by atoms with Gasteiger partial charge in [-0.15, -0.1) is 11.3 Å². The van der Waals surface area contributed by atoms with Crippen molar-refractivity contribution in [2.24, 2.45) is 5.73 Å². The fraction of sp³-hybridized carbons (Fsp3) is 0.333. The van der Waals surface area contributed by atoms with Crippen LogP contribution in [0, 0.1) is 6.92 Å². The van der Waals surface area contributed by atoms with Gasteiger partial charge in [0.05, 0.1) is 10.3 Å². The molecular weight excluding hydrogens is 366 g/mol. The van der Waals surface area contributed by atoms with Crippen LogP contribution >= 0.6 is 27.3 Å². The standard InChI is InChI=1S/C12H13BrF2N4OS/c1-6-2-9(13)21-8(6)5-19-10(17-18-12(19)20)3-7(4-16)11(14)15/h2H,3-5,16H2,1H3,(H,18,20). The monoisotopic (exact) mass is 378 g/mol. The van der Waals surface area contributed by atoms with Gasteiger partial charge in [0.1, 0.15) is 5.82 Å². The van der Waals surface area contributed by atoms with E-state index in [0.29, 0.717) is 6.54 Å². The summed E-state index contributed by atoms with van der Waals surface area (Å²) >= 11 is 4.87. The maximum atomic E-state index is 12.7. The molecule has 0 aromatic carbocycles. The zero-order chi connectivity index (χ0) is 15.6. The van der Waals surface area contributed by atoms with Crippen molar-refractivity contribution in [3.05, 3.63) is 48.3 Å². The van der Waals surface area contributed by atoms with E-state index in [1.54, 1.807) is 0 Å². The van der Waals surface area contributed by atoms with Gasteiger partial charge < -0.3 is 5.73 Å². The van der Waals surface area contributed by atoms with Crippen LogP contribution in [0.4, 0.5) is 8.78 Å². The minimum atomic E-state index is -1.82. The predicted octanol–water partition coefficient (Wildman–Crippen LogP) is 2.40. The van der Waals surface area contributed by atoms with Gasteiger partial charge in [0.15, 0.2) is 0 Å². The molecule has 0 bridgehead atoms. The number of nitrogens with one attached hydrogen (secondary N) is 1. The maximum absolute atomic E-state index is 12.7. The van der Waals surface area contributed by atoms with Crippen LogP contribution in [0.15, 0.2) is 26.3 Å². The largest absolute Gasteiger partial charge is 0.343 e. The minimum Gasteiger partial charge on any atom is -0.327 e. The molecule has 0 saturated heterocycles. The Morgan fingerprint density at radius 3 is 2.81 bits per heavy atom. The van der Waals surface area contributed by atoms with Gasteiger partial charge >= 0.3 is 5.69 Å². The smallest absolute Gasteiger partial charge is 0.327 e. The first-order valence-electron chi connectivity index (χ1n) is 6.04. The van der Waals surface area contributed by atoms with Crippen molar-refractivity contribution in [1.29, 1.82) is 0 Å². The molecule has 0 unspecified atom stereocenters. The Morgan fingerprint density at radius 1 is 1.57 bits per heavy atom. The molecule has 0 aliphatic rings. The number of aromatic amines is 1. The molecule has 9 heteroatoms. The molecule has 2 heterocycles. The summed E-state index contributed by atoms with van der Waals surface area (Å²) in [4.78, 5) is 12.8. The highest BCUT2D eigenvalue weighted by Gasteiger charge is 2.15. The number of rotatable bonds is 5. The Balaban J connectivity index is 2.33. The van der Waals surface area contributed by atoms with Crippen molar-refractivity contribution >= 4 is 27.3 Å². The number of nitrogens with zero attached hydrogens (tertiary/aromatic N) is 2. The lowest BCUT2D eigenvalue weighted by Gasteiger charge is -2.06. The van der Waals surface area contributed by atoms with E-state index in [2.05, 4.69) is 26.1 Å². The SMILES string of the molecule is Cc1cc(Br)sc1Cn1c(CC(CN)=C(F)F)n[nH]c1=O. The summed E-state index contributed by atoms with van der Waals surface area (Å²) in [7, 11) is 0. The van der Waals surface area contributed by atoms with Crippen LogP contribution in [0.2, 0.25) is 0 Å². The fourth-order valence-corrected chi connectivity index (χ4v) is 3.65. The van der Waals surface area contributed by atoms with E-state index in [0.717, 1.165) is 14.2 Å². The third-order valence-electron chi connectivity index (χ3n) is 3.01. The predicted molar refractivity (Wildman–Crippen MR) is 80.7 cm³/mol. The molecule has 0 atom stereocenters. The minimum absolute atomic E-state index is 0.150. The van der Waals surface area contributed by atoms with Crippen LogP contribution in [0.1, 0.15) is 16.3 Å². The molecule has 2 aromatic heterocycles. The summed E-state index contributed by atoms with van der Waals surface area (Å²) < 4.78 is 27.7. The Morgan fingerprint density at radius 2 is 2.29 bits per heavy atom. The molecule has 0 radical (unpaired) electrons. The van der Waals surface area contributed by atoms with Gasteiger partial charge in [0.2, 0.25) is 0 Å². The molecular formula is C12H13BrF2N4OS. The molecule has 5 nitrogen and oxygen atoms in total. The number of hydrogen-bond acceptors (Lipinski definition) is 4. The second kappa shape index (κ2) is 6.63. The third-order valence-corrected chi connectivity index (χ3v) is 4.74. The highest BCUT2D eigenvalue weighted by Crippen LogP contribution is 2.27. The third kappa shape index (κ3) is 3.66. The van der Waals surface area contributed by atoms with E-state index in [4.69, 9.17) is 5.73 Å².